The molecule has 2 aliphatic heterocycles. The molecule has 0 aromatic rings. The van der Waals surface area contributed by atoms with Crippen molar-refractivity contribution in [2.75, 3.05) is 32.8 Å². The molecular weight excluding hydrogens is 280 g/mol. The summed E-state index contributed by atoms with van der Waals surface area (Å²) in [5.41, 5.74) is -0.407. The Labute approximate surface area is 134 Å². The van der Waals surface area contributed by atoms with Crippen molar-refractivity contribution in [2.24, 2.45) is 5.92 Å². The number of likely N-dealkylation sites (tertiary alicyclic amines) is 1. The van der Waals surface area contributed by atoms with Crippen molar-refractivity contribution < 1.29 is 14.3 Å². The predicted octanol–water partition coefficient (Wildman–Crippen LogP) is 2.79. The fraction of sp³-hybridized carbons (Fsp3) is 0.941. The lowest BCUT2D eigenvalue weighted by atomic mass is 9.97. The molecule has 1 N–H and O–H groups in total. The van der Waals surface area contributed by atoms with E-state index < -0.39 is 5.60 Å². The summed E-state index contributed by atoms with van der Waals surface area (Å²) in [5, 5.41) is 3.55. The van der Waals surface area contributed by atoms with Gasteiger partial charge in [0.05, 0.1) is 6.10 Å². The number of carbonyl (C=O) groups is 1. The molecular formula is C17H32N2O3. The maximum atomic E-state index is 12.0. The maximum absolute atomic E-state index is 12.0. The Morgan fingerprint density at radius 3 is 2.50 bits per heavy atom. The van der Waals surface area contributed by atoms with Gasteiger partial charge in [-0.1, -0.05) is 0 Å². The van der Waals surface area contributed by atoms with Crippen molar-refractivity contribution in [3.05, 3.63) is 0 Å². The van der Waals surface area contributed by atoms with E-state index in [9.17, 15) is 4.79 Å². The summed E-state index contributed by atoms with van der Waals surface area (Å²) in [5.74, 6) is 0.655. The molecule has 2 saturated heterocycles. The van der Waals surface area contributed by atoms with E-state index in [0.29, 0.717) is 12.0 Å². The number of ether oxygens (including phenoxy) is 2. The molecule has 0 saturated carbocycles. The summed E-state index contributed by atoms with van der Waals surface area (Å²) in [6.07, 6.45) is 6.02. The van der Waals surface area contributed by atoms with Crippen LogP contribution in [0.1, 0.15) is 52.9 Å². The molecule has 5 heteroatoms. The van der Waals surface area contributed by atoms with E-state index in [4.69, 9.17) is 9.47 Å². The fourth-order valence-electron chi connectivity index (χ4n) is 3.06. The molecule has 0 aliphatic carbocycles. The van der Waals surface area contributed by atoms with Crippen LogP contribution in [0.3, 0.4) is 0 Å². The van der Waals surface area contributed by atoms with Crippen molar-refractivity contribution in [3.8, 4) is 0 Å². The summed E-state index contributed by atoms with van der Waals surface area (Å²) in [4.78, 5) is 13.9. The van der Waals surface area contributed by atoms with Crippen molar-refractivity contribution in [1.29, 1.82) is 0 Å². The summed E-state index contributed by atoms with van der Waals surface area (Å²) in [7, 11) is 0. The van der Waals surface area contributed by atoms with Gasteiger partial charge in [0, 0.05) is 26.2 Å². The number of rotatable bonds is 4. The van der Waals surface area contributed by atoms with Crippen molar-refractivity contribution in [1.82, 2.24) is 10.2 Å². The van der Waals surface area contributed by atoms with E-state index >= 15 is 0 Å². The third-order valence-electron chi connectivity index (χ3n) is 4.35. The number of carbonyl (C=O) groups excluding carboxylic acids is 1. The molecule has 0 radical (unpaired) electrons. The third kappa shape index (κ3) is 6.13. The van der Waals surface area contributed by atoms with Gasteiger partial charge in [-0.15, -0.1) is 0 Å². The van der Waals surface area contributed by atoms with Gasteiger partial charge in [0.25, 0.3) is 0 Å². The third-order valence-corrected chi connectivity index (χ3v) is 4.35. The highest BCUT2D eigenvalue weighted by Crippen LogP contribution is 2.19. The monoisotopic (exact) mass is 312 g/mol. The molecule has 1 amide bonds. The van der Waals surface area contributed by atoms with Gasteiger partial charge in [0.2, 0.25) is 0 Å². The maximum Gasteiger partial charge on any atom is 0.410 e. The van der Waals surface area contributed by atoms with Gasteiger partial charge in [0.15, 0.2) is 0 Å². The van der Waals surface area contributed by atoms with Crippen LogP contribution in [0.15, 0.2) is 0 Å². The van der Waals surface area contributed by atoms with E-state index in [0.717, 1.165) is 45.6 Å². The molecule has 128 valence electrons. The number of hydrogen-bond acceptors (Lipinski definition) is 4. The van der Waals surface area contributed by atoms with E-state index in [1.54, 1.807) is 0 Å². The van der Waals surface area contributed by atoms with Crippen LogP contribution in [-0.4, -0.2) is 55.5 Å². The van der Waals surface area contributed by atoms with Gasteiger partial charge in [-0.05, 0) is 65.3 Å². The average molecular weight is 312 g/mol. The second-order valence-electron chi connectivity index (χ2n) is 7.56. The fourth-order valence-corrected chi connectivity index (χ4v) is 3.06. The molecule has 1 atom stereocenters. The number of nitrogens with one attached hydrogen (secondary N) is 1. The molecule has 5 nitrogen and oxygen atoms in total. The Bertz CT molecular complexity index is 340. The highest BCUT2D eigenvalue weighted by atomic mass is 16.6. The standard InChI is InChI=1S/C17H32N2O3/c1-17(2,3)22-16(20)19-9-7-14(8-10-19)12-18-13-15-6-4-5-11-21-15/h14-15,18H,4-13H2,1-3H3. The van der Waals surface area contributed by atoms with Crippen LogP contribution in [0.2, 0.25) is 0 Å². The highest BCUT2D eigenvalue weighted by Gasteiger charge is 2.26. The molecule has 1 unspecified atom stereocenters. The normalized spacial score (nSPS) is 24.3. The zero-order chi connectivity index (χ0) is 16.0. The van der Waals surface area contributed by atoms with E-state index in [1.165, 1.54) is 19.3 Å². The van der Waals surface area contributed by atoms with Crippen LogP contribution in [0, 0.1) is 5.92 Å². The molecule has 2 rings (SSSR count). The first-order valence-electron chi connectivity index (χ1n) is 8.74. The first-order chi connectivity index (χ1) is 10.4. The number of amides is 1. The lowest BCUT2D eigenvalue weighted by molar-refractivity contribution is 0.0138. The predicted molar refractivity (Wildman–Crippen MR) is 87.0 cm³/mol. The minimum absolute atomic E-state index is 0.172. The zero-order valence-electron chi connectivity index (χ0n) is 14.4. The quantitative estimate of drug-likeness (QED) is 0.867. The topological polar surface area (TPSA) is 50.8 Å². The Balaban J connectivity index is 1.59. The van der Waals surface area contributed by atoms with E-state index in [-0.39, 0.29) is 6.09 Å². The minimum atomic E-state index is -0.407. The van der Waals surface area contributed by atoms with Gasteiger partial charge in [-0.2, -0.15) is 0 Å². The summed E-state index contributed by atoms with van der Waals surface area (Å²) in [6.45, 7) is 10.3. The minimum Gasteiger partial charge on any atom is -0.444 e. The summed E-state index contributed by atoms with van der Waals surface area (Å²) >= 11 is 0. The second kappa shape index (κ2) is 8.16. The van der Waals surface area contributed by atoms with Gasteiger partial charge < -0.3 is 19.7 Å². The summed E-state index contributed by atoms with van der Waals surface area (Å²) < 4.78 is 11.2. The lowest BCUT2D eigenvalue weighted by Crippen LogP contribution is -2.44. The van der Waals surface area contributed by atoms with Crippen LogP contribution < -0.4 is 5.32 Å². The molecule has 0 aromatic carbocycles. The lowest BCUT2D eigenvalue weighted by Gasteiger charge is -2.33. The van der Waals surface area contributed by atoms with Crippen LogP contribution in [0.4, 0.5) is 4.79 Å². The van der Waals surface area contributed by atoms with Crippen LogP contribution in [0.25, 0.3) is 0 Å². The first-order valence-corrected chi connectivity index (χ1v) is 8.74. The van der Waals surface area contributed by atoms with Crippen LogP contribution >= 0.6 is 0 Å². The largest absolute Gasteiger partial charge is 0.444 e. The number of piperidine rings is 1. The smallest absolute Gasteiger partial charge is 0.410 e. The number of hydrogen-bond donors (Lipinski definition) is 1. The Morgan fingerprint density at radius 1 is 1.18 bits per heavy atom. The second-order valence-corrected chi connectivity index (χ2v) is 7.56. The first kappa shape index (κ1) is 17.5. The molecule has 0 bridgehead atoms. The molecule has 22 heavy (non-hydrogen) atoms. The van der Waals surface area contributed by atoms with Crippen LogP contribution in [0.5, 0.6) is 0 Å². The number of nitrogens with zero attached hydrogens (tertiary/aromatic N) is 1. The molecule has 2 fully saturated rings. The van der Waals surface area contributed by atoms with E-state index in [1.807, 2.05) is 25.7 Å². The van der Waals surface area contributed by atoms with Crippen molar-refractivity contribution in [3.63, 3.8) is 0 Å². The molecule has 0 spiro atoms. The van der Waals surface area contributed by atoms with Gasteiger partial charge in [0.1, 0.15) is 5.60 Å². The van der Waals surface area contributed by atoms with Gasteiger partial charge in [-0.25, -0.2) is 4.79 Å². The molecule has 2 heterocycles. The summed E-state index contributed by atoms with van der Waals surface area (Å²) in [6, 6.07) is 0. The Morgan fingerprint density at radius 2 is 1.91 bits per heavy atom. The van der Waals surface area contributed by atoms with Crippen LogP contribution in [-0.2, 0) is 9.47 Å². The molecule has 0 aromatic heterocycles. The average Bonchev–Trinajstić information content (AvgIpc) is 2.47. The van der Waals surface area contributed by atoms with Crippen molar-refractivity contribution >= 4 is 6.09 Å². The van der Waals surface area contributed by atoms with Gasteiger partial charge >= 0.3 is 6.09 Å². The molecule has 2 aliphatic rings. The van der Waals surface area contributed by atoms with Gasteiger partial charge in [-0.3, -0.25) is 0 Å². The highest BCUT2D eigenvalue weighted by molar-refractivity contribution is 5.68. The Hall–Kier alpha value is -0.810. The SMILES string of the molecule is CC(C)(C)OC(=O)N1CCC(CNCC2CCCCO2)CC1. The van der Waals surface area contributed by atoms with E-state index in [2.05, 4.69) is 5.32 Å². The zero-order valence-corrected chi connectivity index (χ0v) is 14.4. The van der Waals surface area contributed by atoms with Crippen molar-refractivity contribution in [2.45, 2.75) is 64.6 Å². The Kier molecular flexibility index (Phi) is 6.50.